The van der Waals surface area contributed by atoms with Gasteiger partial charge in [0.05, 0.1) is 0 Å². The molecular formula is C60H40N6. The first-order valence-corrected chi connectivity index (χ1v) is 21.9. The van der Waals surface area contributed by atoms with Crippen molar-refractivity contribution in [2.45, 2.75) is 0 Å². The lowest BCUT2D eigenvalue weighted by molar-refractivity contribution is 1.07. The highest BCUT2D eigenvalue weighted by Gasteiger charge is 2.16. The normalized spacial score (nSPS) is 11.0. The van der Waals surface area contributed by atoms with E-state index in [9.17, 15) is 0 Å². The van der Waals surface area contributed by atoms with Crippen molar-refractivity contribution < 1.29 is 0 Å². The first-order chi connectivity index (χ1) is 32.7. The molecule has 0 N–H and O–H groups in total. The van der Waals surface area contributed by atoms with Gasteiger partial charge in [-0.2, -0.15) is 0 Å². The summed E-state index contributed by atoms with van der Waals surface area (Å²) in [5, 5.41) is 0. The van der Waals surface area contributed by atoms with Crippen LogP contribution in [0.3, 0.4) is 0 Å². The molecule has 0 amide bonds. The van der Waals surface area contributed by atoms with Crippen LogP contribution in [0.5, 0.6) is 0 Å². The first-order valence-electron chi connectivity index (χ1n) is 21.9. The largest absolute Gasteiger partial charge is 0.208 e. The van der Waals surface area contributed by atoms with E-state index >= 15 is 0 Å². The highest BCUT2D eigenvalue weighted by molar-refractivity contribution is 5.79. The summed E-state index contributed by atoms with van der Waals surface area (Å²) in [6, 6.07) is 83.2. The predicted octanol–water partition coefficient (Wildman–Crippen LogP) is 14.7. The van der Waals surface area contributed by atoms with E-state index in [4.69, 9.17) is 29.9 Å². The number of aromatic nitrogens is 6. The van der Waals surface area contributed by atoms with Gasteiger partial charge in [0.25, 0.3) is 0 Å². The number of hydrogen-bond acceptors (Lipinski definition) is 6. The van der Waals surface area contributed by atoms with Gasteiger partial charge in [0, 0.05) is 33.4 Å². The first kappa shape index (κ1) is 39.8. The molecule has 0 unspecified atom stereocenters. The van der Waals surface area contributed by atoms with E-state index in [2.05, 4.69) is 170 Å². The lowest BCUT2D eigenvalue weighted by atomic mass is 9.97. The fourth-order valence-corrected chi connectivity index (χ4v) is 8.17. The van der Waals surface area contributed by atoms with Gasteiger partial charge in [-0.05, 0) is 68.8 Å². The summed E-state index contributed by atoms with van der Waals surface area (Å²) in [4.78, 5) is 30.2. The quantitative estimate of drug-likeness (QED) is 0.136. The van der Waals surface area contributed by atoms with Gasteiger partial charge in [0.1, 0.15) is 0 Å². The minimum absolute atomic E-state index is 0.597. The molecule has 6 nitrogen and oxygen atoms in total. The van der Waals surface area contributed by atoms with Gasteiger partial charge in [0.15, 0.2) is 34.9 Å². The standard InChI is InChI=1S/C60H40N6/c1-5-17-41(18-6-1)43-33-35-46(36-34-43)57-64-59(52-30-14-25-47(38-52)42-19-7-2-8-20-42)66-60(65-57)54-32-16-29-51(40-54)49-27-13-26-48(37-49)50-28-15-31-53(39-50)58-62-55(44-21-9-3-10-22-44)61-56(63-58)45-23-11-4-12-24-45/h1-40H. The van der Waals surface area contributed by atoms with Crippen LogP contribution >= 0.6 is 0 Å². The lowest BCUT2D eigenvalue weighted by Crippen LogP contribution is -2.00. The second-order valence-electron chi connectivity index (χ2n) is 16.0. The highest BCUT2D eigenvalue weighted by atomic mass is 15.0. The summed E-state index contributed by atoms with van der Waals surface area (Å²) < 4.78 is 0. The van der Waals surface area contributed by atoms with E-state index in [1.165, 1.54) is 0 Å². The summed E-state index contributed by atoms with van der Waals surface area (Å²) >= 11 is 0. The Morgan fingerprint density at radius 1 is 0.136 bits per heavy atom. The molecule has 310 valence electrons. The summed E-state index contributed by atoms with van der Waals surface area (Å²) in [6.07, 6.45) is 0. The van der Waals surface area contributed by atoms with E-state index in [0.29, 0.717) is 34.9 Å². The van der Waals surface area contributed by atoms with Crippen LogP contribution in [0, 0.1) is 0 Å². The average molecular weight is 845 g/mol. The molecule has 9 aromatic carbocycles. The Bertz CT molecular complexity index is 3390. The minimum atomic E-state index is 0.597. The lowest BCUT2D eigenvalue weighted by Gasteiger charge is -2.12. The Labute approximate surface area is 383 Å². The van der Waals surface area contributed by atoms with Crippen LogP contribution < -0.4 is 0 Å². The van der Waals surface area contributed by atoms with Crippen molar-refractivity contribution in [3.05, 3.63) is 243 Å². The Morgan fingerprint density at radius 2 is 0.318 bits per heavy atom. The molecule has 2 heterocycles. The van der Waals surface area contributed by atoms with Gasteiger partial charge in [-0.1, -0.05) is 218 Å². The maximum Gasteiger partial charge on any atom is 0.164 e. The smallest absolute Gasteiger partial charge is 0.164 e. The molecule has 0 bridgehead atoms. The van der Waals surface area contributed by atoms with Crippen LogP contribution in [0.4, 0.5) is 0 Å². The Balaban J connectivity index is 0.954. The predicted molar refractivity (Wildman–Crippen MR) is 268 cm³/mol. The van der Waals surface area contributed by atoms with E-state index in [1.807, 2.05) is 72.8 Å². The van der Waals surface area contributed by atoms with Crippen LogP contribution in [0.25, 0.3) is 113 Å². The molecule has 11 rings (SSSR count). The van der Waals surface area contributed by atoms with Crippen molar-refractivity contribution in [1.29, 1.82) is 0 Å². The maximum atomic E-state index is 5.15. The van der Waals surface area contributed by atoms with Gasteiger partial charge in [-0.15, -0.1) is 0 Å². The summed E-state index contributed by atoms with van der Waals surface area (Å²) in [6.45, 7) is 0. The number of benzene rings is 9. The van der Waals surface area contributed by atoms with Crippen molar-refractivity contribution in [3.8, 4) is 113 Å². The zero-order valence-electron chi connectivity index (χ0n) is 35.8. The molecule has 0 aliphatic heterocycles. The highest BCUT2D eigenvalue weighted by Crippen LogP contribution is 2.34. The van der Waals surface area contributed by atoms with Crippen molar-refractivity contribution in [1.82, 2.24) is 29.9 Å². The Morgan fingerprint density at radius 3 is 0.652 bits per heavy atom. The Kier molecular flexibility index (Phi) is 10.9. The second-order valence-corrected chi connectivity index (χ2v) is 16.0. The molecule has 0 saturated heterocycles. The Hall–Kier alpha value is -9.00. The molecule has 0 saturated carbocycles. The molecular weight excluding hydrogens is 805 g/mol. The molecule has 0 fully saturated rings. The maximum absolute atomic E-state index is 5.15. The summed E-state index contributed by atoms with van der Waals surface area (Å²) in [5.74, 6) is 3.69. The number of nitrogens with zero attached hydrogens (tertiary/aromatic N) is 6. The topological polar surface area (TPSA) is 77.3 Å². The third-order valence-corrected chi connectivity index (χ3v) is 11.6. The molecule has 6 heteroatoms. The van der Waals surface area contributed by atoms with Crippen molar-refractivity contribution in [3.63, 3.8) is 0 Å². The zero-order valence-corrected chi connectivity index (χ0v) is 35.8. The average Bonchev–Trinajstić information content (AvgIpc) is 3.42. The third-order valence-electron chi connectivity index (χ3n) is 11.6. The molecule has 66 heavy (non-hydrogen) atoms. The number of hydrogen-bond donors (Lipinski definition) is 0. The van der Waals surface area contributed by atoms with Crippen molar-refractivity contribution >= 4 is 0 Å². The number of rotatable bonds is 10. The van der Waals surface area contributed by atoms with Gasteiger partial charge in [0.2, 0.25) is 0 Å². The van der Waals surface area contributed by atoms with Gasteiger partial charge >= 0.3 is 0 Å². The van der Waals surface area contributed by atoms with Crippen LogP contribution in [0.1, 0.15) is 0 Å². The fourth-order valence-electron chi connectivity index (χ4n) is 8.17. The van der Waals surface area contributed by atoms with E-state index in [-0.39, 0.29) is 0 Å². The van der Waals surface area contributed by atoms with Crippen LogP contribution in [0.2, 0.25) is 0 Å². The SMILES string of the molecule is c1ccc(-c2ccc(-c3nc(-c4cccc(-c5ccccc5)c4)nc(-c4cccc(-c5cccc(-c6cccc(-c7nc(-c8ccccc8)nc(-c8ccccc8)n7)c6)c5)c4)n3)cc2)cc1. The van der Waals surface area contributed by atoms with Crippen LogP contribution in [0.15, 0.2) is 243 Å². The summed E-state index contributed by atoms with van der Waals surface area (Å²) in [7, 11) is 0. The molecule has 2 aromatic heterocycles. The molecule has 0 atom stereocenters. The second kappa shape index (κ2) is 18.0. The van der Waals surface area contributed by atoms with E-state index in [0.717, 1.165) is 77.9 Å². The fraction of sp³-hybridized carbons (Fsp3) is 0. The van der Waals surface area contributed by atoms with Crippen LogP contribution in [-0.2, 0) is 0 Å². The van der Waals surface area contributed by atoms with Crippen LogP contribution in [-0.4, -0.2) is 29.9 Å². The third kappa shape index (κ3) is 8.54. The van der Waals surface area contributed by atoms with Crippen molar-refractivity contribution in [2.24, 2.45) is 0 Å². The molecule has 11 aromatic rings. The summed E-state index contributed by atoms with van der Waals surface area (Å²) in [5.41, 5.74) is 14.2. The van der Waals surface area contributed by atoms with Gasteiger partial charge in [-0.3, -0.25) is 0 Å². The molecule has 0 aliphatic rings. The molecule has 0 aliphatic carbocycles. The minimum Gasteiger partial charge on any atom is -0.208 e. The van der Waals surface area contributed by atoms with Gasteiger partial charge in [-0.25, -0.2) is 29.9 Å². The molecule has 0 spiro atoms. The zero-order chi connectivity index (χ0) is 44.1. The van der Waals surface area contributed by atoms with Gasteiger partial charge < -0.3 is 0 Å². The monoisotopic (exact) mass is 844 g/mol. The molecule has 0 radical (unpaired) electrons. The van der Waals surface area contributed by atoms with Crippen molar-refractivity contribution in [2.75, 3.05) is 0 Å². The van der Waals surface area contributed by atoms with E-state index in [1.54, 1.807) is 0 Å². The van der Waals surface area contributed by atoms with E-state index < -0.39 is 0 Å².